The maximum atomic E-state index is 12.4. The molecule has 1 aliphatic rings. The van der Waals surface area contributed by atoms with Gasteiger partial charge >= 0.3 is 5.97 Å². The van der Waals surface area contributed by atoms with E-state index in [0.717, 1.165) is 31.2 Å². The molecule has 1 aromatic carbocycles. The zero-order chi connectivity index (χ0) is 18.9. The highest BCUT2D eigenvalue weighted by molar-refractivity contribution is 5.85. The number of rotatable bonds is 9. The number of Topliss-reactive ketones (excluding diaryl/α,β-unsaturated/α-hetero) is 1. The Morgan fingerprint density at radius 3 is 2.69 bits per heavy atom. The van der Waals surface area contributed by atoms with Crippen molar-refractivity contribution in [2.75, 3.05) is 0 Å². The number of hydrogen-bond acceptors (Lipinski definition) is 4. The van der Waals surface area contributed by atoms with Crippen LogP contribution in [0.5, 0.6) is 0 Å². The third kappa shape index (κ3) is 6.10. The first kappa shape index (κ1) is 20.4. The predicted molar refractivity (Wildman–Crippen MR) is 102 cm³/mol. The number of ether oxygens (including phenoxy) is 1. The smallest absolute Gasteiger partial charge is 0.303 e. The van der Waals surface area contributed by atoms with Crippen molar-refractivity contribution in [2.45, 2.75) is 64.6 Å². The van der Waals surface area contributed by atoms with Crippen LogP contribution in [0.3, 0.4) is 0 Å². The molecule has 0 heterocycles. The Hall–Kier alpha value is -1.94. The van der Waals surface area contributed by atoms with E-state index < -0.39 is 6.10 Å². The molecule has 142 valence electrons. The molecule has 0 amide bonds. The minimum absolute atomic E-state index is 0.103. The Morgan fingerprint density at radius 1 is 1.31 bits per heavy atom. The molecule has 0 radical (unpaired) electrons. The number of carbonyl (C=O) groups excluding carboxylic acids is 2. The lowest BCUT2D eigenvalue weighted by Crippen LogP contribution is -2.22. The van der Waals surface area contributed by atoms with Gasteiger partial charge in [0.05, 0.1) is 6.10 Å². The summed E-state index contributed by atoms with van der Waals surface area (Å²) >= 11 is 0. The molecular weight excluding hydrogens is 328 g/mol. The minimum Gasteiger partial charge on any atom is -0.458 e. The van der Waals surface area contributed by atoms with Gasteiger partial charge in [-0.25, -0.2) is 0 Å². The number of carbonyl (C=O) groups is 2. The summed E-state index contributed by atoms with van der Waals surface area (Å²) < 4.78 is 5.38. The van der Waals surface area contributed by atoms with Crippen molar-refractivity contribution in [3.63, 3.8) is 0 Å². The van der Waals surface area contributed by atoms with E-state index in [1.165, 1.54) is 6.92 Å². The molecular formula is C22H30O4. The van der Waals surface area contributed by atoms with Gasteiger partial charge in [0.1, 0.15) is 11.9 Å². The highest BCUT2D eigenvalue weighted by Gasteiger charge is 2.39. The number of esters is 1. The van der Waals surface area contributed by atoms with Crippen LogP contribution in [0.1, 0.15) is 51.5 Å². The first-order valence-corrected chi connectivity index (χ1v) is 9.61. The number of aliphatic hydroxyl groups excluding tert-OH is 1. The van der Waals surface area contributed by atoms with E-state index in [9.17, 15) is 14.7 Å². The lowest BCUT2D eigenvalue weighted by molar-refractivity contribution is -0.144. The van der Waals surface area contributed by atoms with Crippen molar-refractivity contribution in [3.8, 4) is 0 Å². The Balaban J connectivity index is 2.07. The largest absolute Gasteiger partial charge is 0.458 e. The maximum Gasteiger partial charge on any atom is 0.303 e. The standard InChI is InChI=1S/C22H30O4/c1-3-4-6-11-18(26-16(2)23)12-13-19-20(22(25)15-21(19)24)14-17-9-7-5-8-10-17/h5,7-10,12-13,18-21,24H,3-4,6,11,14-15H2,1-2H3/t18-,19-,20?,21+/m0/s1. The average Bonchev–Trinajstić information content (AvgIpc) is 2.86. The second-order valence-corrected chi connectivity index (χ2v) is 7.14. The fourth-order valence-electron chi connectivity index (χ4n) is 3.61. The quantitative estimate of drug-likeness (QED) is 0.413. The van der Waals surface area contributed by atoms with Gasteiger partial charge in [0.2, 0.25) is 0 Å². The summed E-state index contributed by atoms with van der Waals surface area (Å²) in [6.45, 7) is 3.54. The van der Waals surface area contributed by atoms with Crippen LogP contribution in [0.15, 0.2) is 42.5 Å². The molecule has 4 atom stereocenters. The summed E-state index contributed by atoms with van der Waals surface area (Å²) in [4.78, 5) is 23.7. The Morgan fingerprint density at radius 2 is 2.04 bits per heavy atom. The Bertz CT molecular complexity index is 608. The van der Waals surface area contributed by atoms with Gasteiger partial charge in [-0.1, -0.05) is 56.2 Å². The topological polar surface area (TPSA) is 63.6 Å². The van der Waals surface area contributed by atoms with E-state index in [1.807, 2.05) is 42.5 Å². The van der Waals surface area contributed by atoms with Gasteiger partial charge in [0.15, 0.2) is 0 Å². The van der Waals surface area contributed by atoms with Gasteiger partial charge in [-0.05, 0) is 30.9 Å². The van der Waals surface area contributed by atoms with Gasteiger partial charge in [0, 0.05) is 25.2 Å². The second kappa shape index (κ2) is 10.3. The molecule has 4 heteroatoms. The molecule has 2 rings (SSSR count). The predicted octanol–water partition coefficient (Wildman–Crippen LogP) is 3.86. The van der Waals surface area contributed by atoms with Crippen LogP contribution < -0.4 is 0 Å². The van der Waals surface area contributed by atoms with Crippen molar-refractivity contribution >= 4 is 11.8 Å². The number of aliphatic hydroxyl groups is 1. The number of benzene rings is 1. The lowest BCUT2D eigenvalue weighted by atomic mass is 9.87. The number of unbranched alkanes of at least 4 members (excludes halogenated alkanes) is 2. The van der Waals surface area contributed by atoms with Crippen molar-refractivity contribution in [3.05, 3.63) is 48.0 Å². The van der Waals surface area contributed by atoms with Gasteiger partial charge in [-0.2, -0.15) is 0 Å². The molecule has 1 aliphatic carbocycles. The first-order valence-electron chi connectivity index (χ1n) is 9.61. The van der Waals surface area contributed by atoms with Crippen molar-refractivity contribution in [1.82, 2.24) is 0 Å². The van der Waals surface area contributed by atoms with Crippen LogP contribution in [0.4, 0.5) is 0 Å². The minimum atomic E-state index is -0.666. The van der Waals surface area contributed by atoms with E-state index in [4.69, 9.17) is 4.74 Å². The van der Waals surface area contributed by atoms with Crippen molar-refractivity contribution < 1.29 is 19.4 Å². The third-order valence-electron chi connectivity index (χ3n) is 4.99. The molecule has 1 N–H and O–H groups in total. The zero-order valence-electron chi connectivity index (χ0n) is 15.8. The van der Waals surface area contributed by atoms with Crippen molar-refractivity contribution in [2.24, 2.45) is 11.8 Å². The normalized spacial score (nSPS) is 24.1. The number of hydrogen-bond donors (Lipinski definition) is 1. The molecule has 4 nitrogen and oxygen atoms in total. The monoisotopic (exact) mass is 358 g/mol. The summed E-state index contributed by atoms with van der Waals surface area (Å²) in [6.07, 6.45) is 7.56. The summed E-state index contributed by atoms with van der Waals surface area (Å²) in [6, 6.07) is 9.88. The molecule has 1 saturated carbocycles. The summed E-state index contributed by atoms with van der Waals surface area (Å²) in [5.74, 6) is -0.657. The molecule has 0 saturated heterocycles. The van der Waals surface area contributed by atoms with Crippen LogP contribution >= 0.6 is 0 Å². The molecule has 1 fully saturated rings. The Kier molecular flexibility index (Phi) is 8.05. The summed E-state index contributed by atoms with van der Waals surface area (Å²) in [5.41, 5.74) is 1.10. The SMILES string of the molecule is CCCCC[C@@H](C=C[C@H]1C(Cc2ccccc2)C(=O)C[C@H]1O)OC(C)=O. The van der Waals surface area contributed by atoms with Crippen LogP contribution in [0.2, 0.25) is 0 Å². The molecule has 0 aromatic heterocycles. The van der Waals surface area contributed by atoms with E-state index in [2.05, 4.69) is 6.92 Å². The molecule has 0 aliphatic heterocycles. The van der Waals surface area contributed by atoms with Crippen LogP contribution in [-0.4, -0.2) is 29.1 Å². The van der Waals surface area contributed by atoms with E-state index >= 15 is 0 Å². The van der Waals surface area contributed by atoms with E-state index in [0.29, 0.717) is 6.42 Å². The molecule has 1 aromatic rings. The van der Waals surface area contributed by atoms with Gasteiger partial charge in [-0.3, -0.25) is 9.59 Å². The fraction of sp³-hybridized carbons (Fsp3) is 0.545. The molecule has 0 spiro atoms. The van der Waals surface area contributed by atoms with Crippen LogP contribution in [-0.2, 0) is 20.7 Å². The molecule has 0 bridgehead atoms. The van der Waals surface area contributed by atoms with E-state index in [1.54, 1.807) is 0 Å². The highest BCUT2D eigenvalue weighted by Crippen LogP contribution is 2.33. The third-order valence-corrected chi connectivity index (χ3v) is 4.99. The van der Waals surface area contributed by atoms with Crippen LogP contribution in [0, 0.1) is 11.8 Å². The molecule has 26 heavy (non-hydrogen) atoms. The first-order chi connectivity index (χ1) is 12.5. The van der Waals surface area contributed by atoms with E-state index in [-0.39, 0.29) is 36.1 Å². The zero-order valence-corrected chi connectivity index (χ0v) is 15.8. The molecule has 1 unspecified atom stereocenters. The van der Waals surface area contributed by atoms with Gasteiger partial charge < -0.3 is 9.84 Å². The van der Waals surface area contributed by atoms with Crippen LogP contribution in [0.25, 0.3) is 0 Å². The average molecular weight is 358 g/mol. The van der Waals surface area contributed by atoms with Gasteiger partial charge in [0.25, 0.3) is 0 Å². The van der Waals surface area contributed by atoms with Gasteiger partial charge in [-0.15, -0.1) is 0 Å². The van der Waals surface area contributed by atoms with Crippen molar-refractivity contribution in [1.29, 1.82) is 0 Å². The second-order valence-electron chi connectivity index (χ2n) is 7.14. The highest BCUT2D eigenvalue weighted by atomic mass is 16.5. The summed E-state index contributed by atoms with van der Waals surface area (Å²) in [5, 5.41) is 10.3. The summed E-state index contributed by atoms with van der Waals surface area (Å²) in [7, 11) is 0. The fourth-order valence-corrected chi connectivity index (χ4v) is 3.61. The number of ketones is 1. The lowest BCUT2D eigenvalue weighted by Gasteiger charge is -2.19. The Labute approximate surface area is 156 Å². The maximum absolute atomic E-state index is 12.4.